The van der Waals surface area contributed by atoms with Gasteiger partial charge in [0.25, 0.3) is 5.56 Å². The summed E-state index contributed by atoms with van der Waals surface area (Å²) in [5.74, 6) is -0.743. The summed E-state index contributed by atoms with van der Waals surface area (Å²) in [5, 5.41) is 1.70. The van der Waals surface area contributed by atoms with Gasteiger partial charge in [0.15, 0.2) is 5.82 Å². The average molecular weight is 298 g/mol. The van der Waals surface area contributed by atoms with Crippen molar-refractivity contribution in [1.29, 1.82) is 0 Å². The molecule has 0 aliphatic rings. The lowest BCUT2D eigenvalue weighted by atomic mass is 10.2. The Morgan fingerprint density at radius 2 is 2.06 bits per heavy atom. The number of aromatic nitrogens is 1. The lowest BCUT2D eigenvalue weighted by Crippen LogP contribution is -2.08. The normalized spacial score (nSPS) is 11.4. The molecule has 0 spiro atoms. The summed E-state index contributed by atoms with van der Waals surface area (Å²) in [6.45, 7) is 0. The van der Waals surface area contributed by atoms with E-state index < -0.39 is 11.4 Å². The monoisotopic (exact) mass is 297 g/mol. The van der Waals surface area contributed by atoms with Gasteiger partial charge < -0.3 is 4.98 Å². The van der Waals surface area contributed by atoms with E-state index in [2.05, 4.69) is 20.9 Å². The molecule has 0 unspecified atom stereocenters. The molecule has 0 fully saturated rings. The van der Waals surface area contributed by atoms with Crippen molar-refractivity contribution < 1.29 is 4.39 Å². The maximum absolute atomic E-state index is 13.2. The highest BCUT2D eigenvalue weighted by Crippen LogP contribution is 2.33. The van der Waals surface area contributed by atoms with Gasteiger partial charge >= 0.3 is 0 Å². The van der Waals surface area contributed by atoms with Gasteiger partial charge in [-0.3, -0.25) is 4.79 Å². The van der Waals surface area contributed by atoms with Crippen LogP contribution in [0.5, 0.6) is 0 Å². The summed E-state index contributed by atoms with van der Waals surface area (Å²) in [5.41, 5.74) is -0.668. The Morgan fingerprint density at radius 3 is 2.88 bits per heavy atom. The highest BCUT2D eigenvalue weighted by molar-refractivity contribution is 9.10. The summed E-state index contributed by atoms with van der Waals surface area (Å²) in [7, 11) is 0. The molecular formula is C11H5BrFNOS. The number of rotatable bonds is 0. The SMILES string of the molecule is O=c1[nH]c2sc3ccc(Br)cc3c2cc1F. The first-order valence-electron chi connectivity index (χ1n) is 4.56. The fraction of sp³-hybridized carbons (Fsp3) is 0. The zero-order valence-corrected chi connectivity index (χ0v) is 10.3. The largest absolute Gasteiger partial charge is 0.311 e. The van der Waals surface area contributed by atoms with Crippen LogP contribution in [0.3, 0.4) is 0 Å². The van der Waals surface area contributed by atoms with Crippen molar-refractivity contribution in [2.45, 2.75) is 0 Å². The van der Waals surface area contributed by atoms with Crippen LogP contribution in [0, 0.1) is 5.82 Å². The van der Waals surface area contributed by atoms with E-state index in [1.165, 1.54) is 17.4 Å². The smallest absolute Gasteiger partial charge is 0.285 e. The summed E-state index contributed by atoms with van der Waals surface area (Å²) in [6.07, 6.45) is 0. The van der Waals surface area contributed by atoms with E-state index in [1.54, 1.807) is 0 Å². The maximum Gasteiger partial charge on any atom is 0.285 e. The fourth-order valence-corrected chi connectivity index (χ4v) is 3.10. The van der Waals surface area contributed by atoms with Crippen molar-refractivity contribution in [2.24, 2.45) is 0 Å². The van der Waals surface area contributed by atoms with Crippen molar-refractivity contribution in [2.75, 3.05) is 0 Å². The van der Waals surface area contributed by atoms with E-state index in [9.17, 15) is 9.18 Å². The molecule has 0 saturated heterocycles. The molecule has 1 aromatic carbocycles. The molecule has 0 amide bonds. The highest BCUT2D eigenvalue weighted by atomic mass is 79.9. The van der Waals surface area contributed by atoms with Crippen LogP contribution in [0.1, 0.15) is 0 Å². The molecule has 16 heavy (non-hydrogen) atoms. The third kappa shape index (κ3) is 1.39. The minimum Gasteiger partial charge on any atom is -0.311 e. The van der Waals surface area contributed by atoms with Crippen molar-refractivity contribution in [3.8, 4) is 0 Å². The molecule has 3 rings (SSSR count). The lowest BCUT2D eigenvalue weighted by molar-refractivity contribution is 0.612. The Bertz CT molecular complexity index is 762. The van der Waals surface area contributed by atoms with Gasteiger partial charge in [0.1, 0.15) is 4.83 Å². The third-order valence-corrected chi connectivity index (χ3v) is 4.00. The van der Waals surface area contributed by atoms with Crippen LogP contribution in [0.2, 0.25) is 0 Å². The second-order valence-corrected chi connectivity index (χ2v) is 5.40. The predicted octanol–water partition coefficient (Wildman–Crippen LogP) is 3.64. The van der Waals surface area contributed by atoms with E-state index in [0.717, 1.165) is 19.9 Å². The number of halogens is 2. The maximum atomic E-state index is 13.2. The Kier molecular flexibility index (Phi) is 2.12. The summed E-state index contributed by atoms with van der Waals surface area (Å²) in [6, 6.07) is 7.08. The molecule has 5 heteroatoms. The molecular weight excluding hydrogens is 293 g/mol. The molecule has 2 nitrogen and oxygen atoms in total. The van der Waals surface area contributed by atoms with Gasteiger partial charge in [-0.15, -0.1) is 11.3 Å². The molecule has 0 aliphatic carbocycles. The molecule has 80 valence electrons. The van der Waals surface area contributed by atoms with Crippen molar-refractivity contribution >= 4 is 47.6 Å². The molecule has 1 N–H and O–H groups in total. The quantitative estimate of drug-likeness (QED) is 0.675. The minimum absolute atomic E-state index is 0.668. The Morgan fingerprint density at radius 1 is 1.25 bits per heavy atom. The molecule has 0 bridgehead atoms. The third-order valence-electron chi connectivity index (χ3n) is 2.40. The van der Waals surface area contributed by atoms with Crippen molar-refractivity contribution in [3.63, 3.8) is 0 Å². The van der Waals surface area contributed by atoms with Gasteiger partial charge in [-0.05, 0) is 24.3 Å². The Labute approximate surface area is 102 Å². The molecule has 2 heterocycles. The first kappa shape index (κ1) is 9.99. The summed E-state index contributed by atoms with van der Waals surface area (Å²) in [4.78, 5) is 14.4. The highest BCUT2D eigenvalue weighted by Gasteiger charge is 2.08. The van der Waals surface area contributed by atoms with Crippen molar-refractivity contribution in [3.05, 3.63) is 44.9 Å². The minimum atomic E-state index is -0.743. The lowest BCUT2D eigenvalue weighted by Gasteiger charge is -1.92. The topological polar surface area (TPSA) is 32.9 Å². The average Bonchev–Trinajstić information content (AvgIpc) is 2.57. The first-order valence-corrected chi connectivity index (χ1v) is 6.17. The number of hydrogen-bond acceptors (Lipinski definition) is 2. The van der Waals surface area contributed by atoms with Crippen LogP contribution in [0.25, 0.3) is 20.3 Å². The molecule has 0 radical (unpaired) electrons. The number of pyridine rings is 1. The zero-order valence-electron chi connectivity index (χ0n) is 7.88. The zero-order chi connectivity index (χ0) is 11.3. The van der Waals surface area contributed by atoms with Gasteiger partial charge in [0, 0.05) is 19.9 Å². The van der Waals surface area contributed by atoms with Crippen LogP contribution >= 0.6 is 27.3 Å². The number of hydrogen-bond donors (Lipinski definition) is 1. The van der Waals surface area contributed by atoms with Gasteiger partial charge in [-0.2, -0.15) is 0 Å². The van der Waals surface area contributed by atoms with Gasteiger partial charge in [-0.1, -0.05) is 15.9 Å². The molecule has 0 aliphatic heterocycles. The number of benzene rings is 1. The summed E-state index contributed by atoms with van der Waals surface area (Å²) >= 11 is 4.82. The van der Waals surface area contributed by atoms with Crippen molar-refractivity contribution in [1.82, 2.24) is 4.98 Å². The number of aromatic amines is 1. The second kappa shape index (κ2) is 3.40. The number of H-pyrrole nitrogens is 1. The molecule has 2 aromatic heterocycles. The molecule has 3 aromatic rings. The first-order chi connectivity index (χ1) is 7.65. The van der Waals surface area contributed by atoms with E-state index in [4.69, 9.17) is 0 Å². The Hall–Kier alpha value is -1.20. The van der Waals surface area contributed by atoms with E-state index in [0.29, 0.717) is 4.83 Å². The van der Waals surface area contributed by atoms with Crippen LogP contribution in [-0.4, -0.2) is 4.98 Å². The second-order valence-electron chi connectivity index (χ2n) is 3.43. The van der Waals surface area contributed by atoms with Crippen LogP contribution < -0.4 is 5.56 Å². The Balaban J connectivity index is 2.57. The van der Waals surface area contributed by atoms with Gasteiger partial charge in [-0.25, -0.2) is 4.39 Å². The molecule has 0 saturated carbocycles. The number of thiophene rings is 1. The van der Waals surface area contributed by atoms with Gasteiger partial charge in [0.2, 0.25) is 0 Å². The van der Waals surface area contributed by atoms with Crippen LogP contribution in [0.15, 0.2) is 33.5 Å². The van der Waals surface area contributed by atoms with E-state index in [1.807, 2.05) is 18.2 Å². The fourth-order valence-electron chi connectivity index (χ4n) is 1.68. The standard InChI is InChI=1S/C11H5BrFNOS/c12-5-1-2-9-6(3-5)7-4-8(13)10(15)14-11(7)16-9/h1-4H,(H,14,15). The number of fused-ring (bicyclic) bond motifs is 3. The van der Waals surface area contributed by atoms with E-state index >= 15 is 0 Å². The van der Waals surface area contributed by atoms with E-state index in [-0.39, 0.29) is 0 Å². The molecule has 0 atom stereocenters. The predicted molar refractivity (Wildman–Crippen MR) is 67.6 cm³/mol. The van der Waals surface area contributed by atoms with Crippen LogP contribution in [0.4, 0.5) is 4.39 Å². The number of nitrogens with one attached hydrogen (secondary N) is 1. The summed E-state index contributed by atoms with van der Waals surface area (Å²) < 4.78 is 15.2. The van der Waals surface area contributed by atoms with Gasteiger partial charge in [0.05, 0.1) is 0 Å². The van der Waals surface area contributed by atoms with Crippen LogP contribution in [-0.2, 0) is 0 Å².